The third-order valence-electron chi connectivity index (χ3n) is 3.63. The summed E-state index contributed by atoms with van der Waals surface area (Å²) in [7, 11) is 1.60. The molecule has 0 saturated carbocycles. The summed E-state index contributed by atoms with van der Waals surface area (Å²) in [6.45, 7) is 3.14. The van der Waals surface area contributed by atoms with Gasteiger partial charge in [0.2, 0.25) is 5.91 Å². The molecule has 8 heteroatoms. The fourth-order valence-corrected chi connectivity index (χ4v) is 2.38. The first-order chi connectivity index (χ1) is 10.4. The molecule has 1 aromatic rings. The minimum absolute atomic E-state index is 0.0406. The summed E-state index contributed by atoms with van der Waals surface area (Å²) in [6.07, 6.45) is -2.67. The number of nitrogens with zero attached hydrogens (tertiary/aromatic N) is 3. The van der Waals surface area contributed by atoms with Gasteiger partial charge in [0.15, 0.2) is 0 Å². The molecule has 0 aliphatic carbocycles. The summed E-state index contributed by atoms with van der Waals surface area (Å²) >= 11 is 0. The standard InChI is InChI=1S/C14H19F3N4O/c1-18-13(22)10-20-5-2-6-21(8-7-20)12-4-3-11(9-19-12)14(15,16)17/h3-4,9H,2,5-8,10H2,1H3,(H,18,22). The van der Waals surface area contributed by atoms with E-state index in [9.17, 15) is 18.0 Å². The van der Waals surface area contributed by atoms with Gasteiger partial charge in [-0.05, 0) is 18.6 Å². The fourth-order valence-electron chi connectivity index (χ4n) is 2.38. The van der Waals surface area contributed by atoms with Crippen molar-refractivity contribution in [2.24, 2.45) is 0 Å². The van der Waals surface area contributed by atoms with Gasteiger partial charge in [0.05, 0.1) is 12.1 Å². The van der Waals surface area contributed by atoms with Gasteiger partial charge < -0.3 is 10.2 Å². The van der Waals surface area contributed by atoms with E-state index in [1.165, 1.54) is 6.07 Å². The van der Waals surface area contributed by atoms with E-state index >= 15 is 0 Å². The van der Waals surface area contributed by atoms with Crippen LogP contribution < -0.4 is 10.2 Å². The SMILES string of the molecule is CNC(=O)CN1CCCN(c2ccc(C(F)(F)F)cn2)CC1. The number of hydrogen-bond acceptors (Lipinski definition) is 4. The number of aromatic nitrogens is 1. The van der Waals surface area contributed by atoms with Crippen molar-refractivity contribution in [1.82, 2.24) is 15.2 Å². The number of hydrogen-bond donors (Lipinski definition) is 1. The molecule has 1 fully saturated rings. The minimum atomic E-state index is -4.37. The molecule has 2 rings (SSSR count). The number of amides is 1. The number of nitrogens with one attached hydrogen (secondary N) is 1. The molecule has 0 spiro atoms. The van der Waals surface area contributed by atoms with Gasteiger partial charge in [0.25, 0.3) is 0 Å². The second kappa shape index (κ2) is 6.95. The van der Waals surface area contributed by atoms with Gasteiger partial charge in [-0.25, -0.2) is 4.98 Å². The van der Waals surface area contributed by atoms with E-state index in [4.69, 9.17) is 0 Å². The normalized spacial score (nSPS) is 17.2. The van der Waals surface area contributed by atoms with Gasteiger partial charge in [-0.3, -0.25) is 9.69 Å². The molecule has 0 aromatic carbocycles. The lowest BCUT2D eigenvalue weighted by atomic mass is 10.2. The Morgan fingerprint density at radius 2 is 2.05 bits per heavy atom. The van der Waals surface area contributed by atoms with Crippen molar-refractivity contribution >= 4 is 11.7 Å². The highest BCUT2D eigenvalue weighted by Gasteiger charge is 2.31. The van der Waals surface area contributed by atoms with E-state index in [1.54, 1.807) is 7.05 Å². The van der Waals surface area contributed by atoms with E-state index in [1.807, 2.05) is 9.80 Å². The highest BCUT2D eigenvalue weighted by atomic mass is 19.4. The zero-order valence-electron chi connectivity index (χ0n) is 12.4. The average Bonchev–Trinajstić information content (AvgIpc) is 2.72. The van der Waals surface area contributed by atoms with Crippen molar-refractivity contribution < 1.29 is 18.0 Å². The van der Waals surface area contributed by atoms with Crippen molar-refractivity contribution in [2.75, 3.05) is 44.7 Å². The lowest BCUT2D eigenvalue weighted by molar-refractivity contribution is -0.137. The number of alkyl halides is 3. The van der Waals surface area contributed by atoms with E-state index < -0.39 is 11.7 Å². The molecule has 0 radical (unpaired) electrons. The van der Waals surface area contributed by atoms with Gasteiger partial charge in [-0.1, -0.05) is 0 Å². The highest BCUT2D eigenvalue weighted by molar-refractivity contribution is 5.77. The molecule has 1 aromatic heterocycles. The van der Waals surface area contributed by atoms with Crippen molar-refractivity contribution in [3.8, 4) is 0 Å². The van der Waals surface area contributed by atoms with Crippen LogP contribution in [0.15, 0.2) is 18.3 Å². The van der Waals surface area contributed by atoms with Gasteiger partial charge in [0, 0.05) is 39.4 Å². The Morgan fingerprint density at radius 1 is 1.27 bits per heavy atom. The molecular formula is C14H19F3N4O. The van der Waals surface area contributed by atoms with Crippen LogP contribution in [0.25, 0.3) is 0 Å². The van der Waals surface area contributed by atoms with Gasteiger partial charge >= 0.3 is 6.18 Å². The van der Waals surface area contributed by atoms with Crippen LogP contribution in [0.2, 0.25) is 0 Å². The van der Waals surface area contributed by atoms with E-state index in [0.29, 0.717) is 32.0 Å². The summed E-state index contributed by atoms with van der Waals surface area (Å²) in [4.78, 5) is 19.3. The van der Waals surface area contributed by atoms with Crippen LogP contribution in [-0.4, -0.2) is 55.6 Å². The first-order valence-corrected chi connectivity index (χ1v) is 7.11. The molecular weight excluding hydrogens is 297 g/mol. The van der Waals surface area contributed by atoms with Crippen LogP contribution in [-0.2, 0) is 11.0 Å². The lowest BCUT2D eigenvalue weighted by Gasteiger charge is -2.22. The maximum Gasteiger partial charge on any atom is 0.417 e. The summed E-state index contributed by atoms with van der Waals surface area (Å²) in [5, 5.41) is 2.58. The molecule has 1 saturated heterocycles. The topological polar surface area (TPSA) is 48.5 Å². The molecule has 1 N–H and O–H groups in total. The highest BCUT2D eigenvalue weighted by Crippen LogP contribution is 2.29. The average molecular weight is 316 g/mol. The molecule has 22 heavy (non-hydrogen) atoms. The van der Waals surface area contributed by atoms with Crippen molar-refractivity contribution in [2.45, 2.75) is 12.6 Å². The molecule has 0 unspecified atom stereocenters. The first kappa shape index (κ1) is 16.5. The molecule has 0 atom stereocenters. The third-order valence-corrected chi connectivity index (χ3v) is 3.63. The Bertz CT molecular complexity index is 504. The molecule has 0 bridgehead atoms. The Labute approximate surface area is 127 Å². The smallest absolute Gasteiger partial charge is 0.358 e. The molecule has 1 aliphatic rings. The second-order valence-electron chi connectivity index (χ2n) is 5.19. The Hall–Kier alpha value is -1.83. The molecule has 5 nitrogen and oxygen atoms in total. The Balaban J connectivity index is 1.97. The fraction of sp³-hybridized carbons (Fsp3) is 0.571. The summed E-state index contributed by atoms with van der Waals surface area (Å²) in [6, 6.07) is 2.45. The number of carbonyl (C=O) groups excluding carboxylic acids is 1. The van der Waals surface area contributed by atoms with Crippen LogP contribution in [0.1, 0.15) is 12.0 Å². The predicted octanol–water partition coefficient (Wildman–Crippen LogP) is 1.36. The second-order valence-corrected chi connectivity index (χ2v) is 5.19. The number of rotatable bonds is 3. The Morgan fingerprint density at radius 3 is 2.64 bits per heavy atom. The summed E-state index contributed by atoms with van der Waals surface area (Å²) < 4.78 is 37.6. The van der Waals surface area contributed by atoms with Gasteiger partial charge in [-0.15, -0.1) is 0 Å². The van der Waals surface area contributed by atoms with Crippen molar-refractivity contribution in [3.63, 3.8) is 0 Å². The largest absolute Gasteiger partial charge is 0.417 e. The quantitative estimate of drug-likeness (QED) is 0.915. The molecule has 1 amide bonds. The van der Waals surface area contributed by atoms with E-state index in [2.05, 4.69) is 10.3 Å². The lowest BCUT2D eigenvalue weighted by Crippen LogP contribution is -2.38. The van der Waals surface area contributed by atoms with Crippen LogP contribution in [0, 0.1) is 0 Å². The monoisotopic (exact) mass is 316 g/mol. The molecule has 2 heterocycles. The maximum absolute atomic E-state index is 12.5. The van der Waals surface area contributed by atoms with Crippen LogP contribution in [0.3, 0.4) is 0 Å². The summed E-state index contributed by atoms with van der Waals surface area (Å²) in [5.74, 6) is 0.496. The summed E-state index contributed by atoms with van der Waals surface area (Å²) in [5.41, 5.74) is -0.743. The first-order valence-electron chi connectivity index (χ1n) is 7.11. The van der Waals surface area contributed by atoms with Crippen LogP contribution in [0.4, 0.5) is 19.0 Å². The number of pyridine rings is 1. The van der Waals surface area contributed by atoms with Crippen molar-refractivity contribution in [3.05, 3.63) is 23.9 Å². The van der Waals surface area contributed by atoms with Crippen molar-refractivity contribution in [1.29, 1.82) is 0 Å². The predicted molar refractivity (Wildman–Crippen MR) is 76.6 cm³/mol. The van der Waals surface area contributed by atoms with Crippen LogP contribution in [0.5, 0.6) is 0 Å². The number of likely N-dealkylation sites (N-methyl/N-ethyl adjacent to an activating group) is 1. The van der Waals surface area contributed by atoms with Gasteiger partial charge in [-0.2, -0.15) is 13.2 Å². The molecule has 122 valence electrons. The van der Waals surface area contributed by atoms with Crippen LogP contribution >= 0.6 is 0 Å². The van der Waals surface area contributed by atoms with E-state index in [0.717, 1.165) is 25.2 Å². The zero-order chi connectivity index (χ0) is 16.2. The maximum atomic E-state index is 12.5. The van der Waals surface area contributed by atoms with Gasteiger partial charge in [0.1, 0.15) is 5.82 Å². The Kier molecular flexibility index (Phi) is 5.23. The van der Waals surface area contributed by atoms with E-state index in [-0.39, 0.29) is 5.91 Å². The zero-order valence-corrected chi connectivity index (χ0v) is 12.4. The number of anilines is 1. The third kappa shape index (κ3) is 4.33. The molecule has 1 aliphatic heterocycles. The number of halogens is 3. The minimum Gasteiger partial charge on any atom is -0.358 e. The number of carbonyl (C=O) groups is 1.